The summed E-state index contributed by atoms with van der Waals surface area (Å²) in [4.78, 5) is 1.89. The second-order valence-corrected chi connectivity index (χ2v) is 13.7. The third-order valence-electron chi connectivity index (χ3n) is 7.13. The Balaban J connectivity index is 0.00000442. The van der Waals surface area contributed by atoms with Gasteiger partial charge in [0, 0.05) is 35.6 Å². The third-order valence-corrected chi connectivity index (χ3v) is 8.95. The van der Waals surface area contributed by atoms with Crippen molar-refractivity contribution in [2.75, 3.05) is 23.0 Å². The fourth-order valence-corrected chi connectivity index (χ4v) is 6.33. The maximum atomic E-state index is 11.3. The van der Waals surface area contributed by atoms with Crippen molar-refractivity contribution < 1.29 is 69.2 Å². The van der Waals surface area contributed by atoms with Gasteiger partial charge in [-0.15, -0.1) is 0 Å². The molecule has 0 aliphatic carbocycles. The Kier molecular flexibility index (Phi) is 11.2. The monoisotopic (exact) mass is 668 g/mol. The van der Waals surface area contributed by atoms with E-state index < -0.39 is 31.7 Å². The zero-order valence-electron chi connectivity index (χ0n) is 24.4. The number of nitrogens with zero attached hydrogens (tertiary/aromatic N) is 2. The van der Waals surface area contributed by atoms with Crippen LogP contribution in [0.4, 0.5) is 5.69 Å². The maximum Gasteiger partial charge on any atom is 1.00 e. The molecule has 0 atom stereocenters. The summed E-state index contributed by atoms with van der Waals surface area (Å²) in [5, 5.41) is 2.44. The fourth-order valence-electron chi connectivity index (χ4n) is 5.13. The molecule has 0 radical (unpaired) electrons. The normalized spacial score (nSPS) is 14.7. The summed E-state index contributed by atoms with van der Waals surface area (Å²) < 4.78 is 81.6. The van der Waals surface area contributed by atoms with Crippen LogP contribution in [0.25, 0.3) is 27.9 Å². The Labute approximate surface area is 283 Å². The molecule has 0 bridgehead atoms. The van der Waals surface area contributed by atoms with Gasteiger partial charge >= 0.3 is 35.4 Å². The largest absolute Gasteiger partial charge is 1.00 e. The smallest absolute Gasteiger partial charge is 0.748 e. The van der Waals surface area contributed by atoms with Crippen molar-refractivity contribution in [3.63, 3.8) is 0 Å². The number of rotatable bonds is 12. The van der Waals surface area contributed by atoms with Gasteiger partial charge in [0.05, 0.1) is 37.4 Å². The number of benzene rings is 3. The van der Waals surface area contributed by atoms with Gasteiger partial charge in [-0.2, -0.15) is 4.57 Å². The Morgan fingerprint density at radius 2 is 1.70 bits per heavy atom. The topological polar surface area (TPSA) is 144 Å². The molecule has 4 aromatic rings. The quantitative estimate of drug-likeness (QED) is 0.0962. The molecule has 5 rings (SSSR count). The molecule has 0 fully saturated rings. The first-order valence-corrected chi connectivity index (χ1v) is 17.3. The molecule has 0 saturated carbocycles. The zero-order chi connectivity index (χ0) is 30.8. The molecule has 44 heavy (non-hydrogen) atoms. The minimum absolute atomic E-state index is 0. The average molecular weight is 669 g/mol. The number of unbranched alkanes of at least 4 members (excludes halogenated alkanes) is 1. The molecule has 1 aliphatic heterocycles. The summed E-state index contributed by atoms with van der Waals surface area (Å²) >= 11 is 6.26. The van der Waals surface area contributed by atoms with E-state index >= 15 is 0 Å². The third kappa shape index (κ3) is 8.43. The van der Waals surface area contributed by atoms with Crippen LogP contribution >= 0.6 is 11.6 Å². The summed E-state index contributed by atoms with van der Waals surface area (Å²) in [7, 11) is -8.69. The van der Waals surface area contributed by atoms with Crippen LogP contribution < -0.4 is 43.8 Å². The number of hydrogen-bond acceptors (Lipinski definition) is 9. The van der Waals surface area contributed by atoms with Gasteiger partial charge in [-0.25, -0.2) is 16.8 Å². The van der Waals surface area contributed by atoms with E-state index in [0.717, 1.165) is 27.5 Å². The van der Waals surface area contributed by atoms with Gasteiger partial charge in [-0.05, 0) is 60.6 Å². The molecule has 2 heterocycles. The van der Waals surface area contributed by atoms with Crippen molar-refractivity contribution in [3.05, 3.63) is 83.0 Å². The molecular weight excluding hydrogens is 639 g/mol. The number of halogens is 1. The second-order valence-electron chi connectivity index (χ2n) is 10.2. The van der Waals surface area contributed by atoms with E-state index in [-0.39, 0.29) is 48.9 Å². The second kappa shape index (κ2) is 14.3. The summed E-state index contributed by atoms with van der Waals surface area (Å²) in [6.45, 7) is 2.61. The first kappa shape index (κ1) is 34.5. The number of anilines is 1. The number of fused-ring (bicyclic) bond motifs is 4. The van der Waals surface area contributed by atoms with E-state index in [1.54, 1.807) is 18.2 Å². The van der Waals surface area contributed by atoms with E-state index in [1.165, 1.54) is 0 Å². The van der Waals surface area contributed by atoms with Crippen LogP contribution in [0.3, 0.4) is 0 Å². The van der Waals surface area contributed by atoms with E-state index in [0.29, 0.717) is 47.5 Å². The average Bonchev–Trinajstić information content (AvgIpc) is 3.46. The van der Waals surface area contributed by atoms with Gasteiger partial charge in [-0.3, -0.25) is 0 Å². The van der Waals surface area contributed by atoms with Crippen molar-refractivity contribution in [2.24, 2.45) is 0 Å². The molecule has 10 nitrogen and oxygen atoms in total. The molecule has 0 amide bonds. The number of ether oxygens (including phenoxy) is 1. The zero-order valence-corrected chi connectivity index (χ0v) is 28.8. The number of hydrogen-bond donors (Lipinski definition) is 0. The maximum absolute atomic E-state index is 11.3. The van der Waals surface area contributed by atoms with Crippen molar-refractivity contribution in [1.29, 1.82) is 0 Å². The molecule has 1 aromatic heterocycles. The Morgan fingerprint density at radius 3 is 2.43 bits per heavy atom. The number of aryl methyl sites for hydroxylation is 1. The predicted octanol–water partition coefficient (Wildman–Crippen LogP) is 2.33. The molecule has 3 aromatic carbocycles. The van der Waals surface area contributed by atoms with Crippen molar-refractivity contribution >= 4 is 65.5 Å². The van der Waals surface area contributed by atoms with Crippen LogP contribution in [0.5, 0.6) is 5.75 Å². The SMILES string of the molecule is CCC(=Cc1oc2ccc3ccccc3c2[n+]1CCCS(=O)(=O)[O-])C=C1Oc2ccc(Cl)cc2N1CCCCS(=O)(=O)[O-].[Na+]. The molecule has 0 unspecified atom stereocenters. The summed E-state index contributed by atoms with van der Waals surface area (Å²) in [6, 6.07) is 16.8. The summed E-state index contributed by atoms with van der Waals surface area (Å²) in [5.41, 5.74) is 2.97. The Morgan fingerprint density at radius 1 is 0.977 bits per heavy atom. The van der Waals surface area contributed by atoms with Crippen molar-refractivity contribution in [2.45, 2.75) is 39.2 Å². The molecule has 14 heteroatoms. The first-order chi connectivity index (χ1) is 20.4. The van der Waals surface area contributed by atoms with Gasteiger partial charge in [0.25, 0.3) is 5.52 Å². The Hall–Kier alpha value is -2.42. The van der Waals surface area contributed by atoms with E-state index in [2.05, 4.69) is 0 Å². The van der Waals surface area contributed by atoms with Gasteiger partial charge < -0.3 is 23.2 Å². The number of allylic oxidation sites excluding steroid dienone is 2. The van der Waals surface area contributed by atoms with Crippen LogP contribution in [0, 0.1) is 0 Å². The van der Waals surface area contributed by atoms with Crippen molar-refractivity contribution in [1.82, 2.24) is 0 Å². The molecule has 0 N–H and O–H groups in total. The predicted molar refractivity (Wildman–Crippen MR) is 163 cm³/mol. The fraction of sp³-hybridized carbons (Fsp3) is 0.300. The van der Waals surface area contributed by atoms with E-state index in [9.17, 15) is 25.9 Å². The molecule has 0 spiro atoms. The van der Waals surface area contributed by atoms with Crippen LogP contribution in [0.2, 0.25) is 5.02 Å². The molecule has 228 valence electrons. The number of oxazole rings is 1. The van der Waals surface area contributed by atoms with E-state index in [1.807, 2.05) is 64.9 Å². The van der Waals surface area contributed by atoms with Gasteiger partial charge in [0.2, 0.25) is 11.5 Å². The molecule has 1 aliphatic rings. The first-order valence-electron chi connectivity index (χ1n) is 13.8. The van der Waals surface area contributed by atoms with Crippen LogP contribution in [0.15, 0.2) is 76.5 Å². The van der Waals surface area contributed by atoms with Crippen LogP contribution in [0.1, 0.15) is 38.5 Å². The van der Waals surface area contributed by atoms with Crippen LogP contribution in [-0.4, -0.2) is 44.0 Å². The summed E-state index contributed by atoms with van der Waals surface area (Å²) in [6.07, 6.45) is 5.04. The summed E-state index contributed by atoms with van der Waals surface area (Å²) in [5.74, 6) is 0.627. The number of aromatic nitrogens is 1. The van der Waals surface area contributed by atoms with Gasteiger partial charge in [-0.1, -0.05) is 42.8 Å². The molecule has 0 saturated heterocycles. The van der Waals surface area contributed by atoms with Crippen LogP contribution in [-0.2, 0) is 26.8 Å². The minimum Gasteiger partial charge on any atom is -0.748 e. The minimum atomic E-state index is -4.38. The molecular formula is C30H30ClN2NaO8S2. The van der Waals surface area contributed by atoms with Gasteiger partial charge in [0.1, 0.15) is 0 Å². The van der Waals surface area contributed by atoms with E-state index in [4.69, 9.17) is 20.8 Å². The Bertz CT molecular complexity index is 1960. The standard InChI is InChI=1S/C30H31ClN2O8S2.Na/c1-2-21(18-28-32(14-5-6-16-42(34,35)36)25-20-23(31)11-13-26(25)40-28)19-29-33(15-7-17-43(37,38)39)30-24-9-4-3-8-22(24)10-12-27(30)41-29;/h3-4,8-13,18-20H,2,5-7,14-17H2,1H3,(H-,34,35,36,37,38,39);/q;+1/p-1. The van der Waals surface area contributed by atoms with Gasteiger partial charge in [0.15, 0.2) is 12.3 Å². The van der Waals surface area contributed by atoms with Crippen molar-refractivity contribution in [3.8, 4) is 5.75 Å².